The molecule has 1 fully saturated rings. The third kappa shape index (κ3) is 7.55. The zero-order chi connectivity index (χ0) is 16.1. The van der Waals surface area contributed by atoms with Gasteiger partial charge in [-0.15, -0.1) is 0 Å². The molecule has 0 radical (unpaired) electrons. The Kier molecular flexibility index (Phi) is 6.31. The molecule has 0 aliphatic heterocycles. The van der Waals surface area contributed by atoms with Gasteiger partial charge in [0.25, 0.3) is 0 Å². The van der Waals surface area contributed by atoms with E-state index in [-0.39, 0.29) is 18.9 Å². The second-order valence-corrected chi connectivity index (χ2v) is 6.47. The smallest absolute Gasteiger partial charge is 0.407 e. The van der Waals surface area contributed by atoms with Crippen molar-refractivity contribution in [3.63, 3.8) is 0 Å². The average molecular weight is 310 g/mol. The van der Waals surface area contributed by atoms with E-state index in [9.17, 15) is 18.0 Å². The second kappa shape index (κ2) is 7.33. The molecule has 0 atom stereocenters. The second-order valence-electron chi connectivity index (χ2n) is 6.47. The molecule has 1 aliphatic carbocycles. The summed E-state index contributed by atoms with van der Waals surface area (Å²) in [6.45, 7) is 6.27. The van der Waals surface area contributed by atoms with Crippen molar-refractivity contribution in [3.05, 3.63) is 0 Å². The average Bonchev–Trinajstić information content (AvgIpc) is 2.32. The van der Waals surface area contributed by atoms with Crippen LogP contribution in [0.1, 0.15) is 46.5 Å². The summed E-state index contributed by atoms with van der Waals surface area (Å²) in [5.41, 5.74) is -0.534. The fraction of sp³-hybridized carbons (Fsp3) is 0.929. The Morgan fingerprint density at radius 2 is 1.67 bits per heavy atom. The number of amides is 1. The third-order valence-corrected chi connectivity index (χ3v) is 3.42. The van der Waals surface area contributed by atoms with Crippen LogP contribution in [0.4, 0.5) is 18.0 Å². The number of alkyl carbamates (subject to hydrolysis) is 1. The van der Waals surface area contributed by atoms with Gasteiger partial charge in [-0.3, -0.25) is 0 Å². The molecule has 2 N–H and O–H groups in total. The number of halogens is 3. The monoisotopic (exact) mass is 310 g/mol. The van der Waals surface area contributed by atoms with E-state index in [0.717, 1.165) is 0 Å². The summed E-state index contributed by atoms with van der Waals surface area (Å²) < 4.78 is 42.6. The van der Waals surface area contributed by atoms with Gasteiger partial charge in [0, 0.05) is 19.1 Å². The summed E-state index contributed by atoms with van der Waals surface area (Å²) >= 11 is 0. The molecule has 1 amide bonds. The summed E-state index contributed by atoms with van der Waals surface area (Å²) in [5.74, 6) is -1.16. The van der Waals surface area contributed by atoms with Gasteiger partial charge in [-0.2, -0.15) is 13.2 Å². The van der Waals surface area contributed by atoms with Gasteiger partial charge in [0.1, 0.15) is 5.60 Å². The molecular weight excluding hydrogens is 285 g/mol. The summed E-state index contributed by atoms with van der Waals surface area (Å²) in [4.78, 5) is 11.4. The van der Waals surface area contributed by atoms with E-state index < -0.39 is 23.8 Å². The van der Waals surface area contributed by atoms with Crippen molar-refractivity contribution in [3.8, 4) is 0 Å². The standard InChI is InChI=1S/C14H25F3N2O2/c1-13(2,3)21-12(20)19-9-8-18-11-6-4-10(5-7-11)14(15,16)17/h10-11,18H,4-9H2,1-3H3,(H,19,20). The number of hydrogen-bond donors (Lipinski definition) is 2. The van der Waals surface area contributed by atoms with Crippen LogP contribution in [0.15, 0.2) is 0 Å². The normalized spacial score (nSPS) is 23.7. The Morgan fingerprint density at radius 3 is 2.14 bits per heavy atom. The SMILES string of the molecule is CC(C)(C)OC(=O)NCCNC1CCC(C(F)(F)F)CC1. The highest BCUT2D eigenvalue weighted by Gasteiger charge is 2.41. The largest absolute Gasteiger partial charge is 0.444 e. The van der Waals surface area contributed by atoms with Gasteiger partial charge >= 0.3 is 12.3 Å². The van der Waals surface area contributed by atoms with Crippen LogP contribution < -0.4 is 10.6 Å². The van der Waals surface area contributed by atoms with Crippen molar-refractivity contribution < 1.29 is 22.7 Å². The summed E-state index contributed by atoms with van der Waals surface area (Å²) in [5, 5.41) is 5.78. The number of ether oxygens (including phenoxy) is 1. The first-order valence-corrected chi connectivity index (χ1v) is 7.35. The van der Waals surface area contributed by atoms with Crippen molar-refractivity contribution in [1.82, 2.24) is 10.6 Å². The summed E-state index contributed by atoms with van der Waals surface area (Å²) in [7, 11) is 0. The fourth-order valence-electron chi connectivity index (χ4n) is 2.38. The topological polar surface area (TPSA) is 50.4 Å². The van der Waals surface area contributed by atoms with E-state index in [1.165, 1.54) is 0 Å². The first kappa shape index (κ1) is 18.1. The number of alkyl halides is 3. The molecule has 0 unspecified atom stereocenters. The van der Waals surface area contributed by atoms with Crippen molar-refractivity contribution in [2.45, 2.75) is 64.3 Å². The molecule has 1 aliphatic rings. The van der Waals surface area contributed by atoms with E-state index >= 15 is 0 Å². The number of nitrogens with one attached hydrogen (secondary N) is 2. The molecule has 7 heteroatoms. The van der Waals surface area contributed by atoms with Gasteiger partial charge in [0.2, 0.25) is 0 Å². The van der Waals surface area contributed by atoms with Gasteiger partial charge in [-0.05, 0) is 46.5 Å². The maximum absolute atomic E-state index is 12.5. The van der Waals surface area contributed by atoms with Crippen molar-refractivity contribution >= 4 is 6.09 Å². The lowest BCUT2D eigenvalue weighted by molar-refractivity contribution is -0.182. The number of carbonyl (C=O) groups excluding carboxylic acids is 1. The van der Waals surface area contributed by atoms with E-state index in [4.69, 9.17) is 4.74 Å². The minimum atomic E-state index is -4.07. The highest BCUT2D eigenvalue weighted by atomic mass is 19.4. The van der Waals surface area contributed by atoms with Gasteiger partial charge in [-0.1, -0.05) is 0 Å². The van der Waals surface area contributed by atoms with Crippen LogP contribution in [0.5, 0.6) is 0 Å². The highest BCUT2D eigenvalue weighted by molar-refractivity contribution is 5.67. The van der Waals surface area contributed by atoms with Crippen LogP contribution in [0.2, 0.25) is 0 Å². The van der Waals surface area contributed by atoms with Crippen LogP contribution in [0, 0.1) is 5.92 Å². The Hall–Kier alpha value is -0.980. The minimum Gasteiger partial charge on any atom is -0.444 e. The van der Waals surface area contributed by atoms with Crippen LogP contribution >= 0.6 is 0 Å². The van der Waals surface area contributed by atoms with Gasteiger partial charge in [0.15, 0.2) is 0 Å². The molecule has 0 bridgehead atoms. The minimum absolute atomic E-state index is 0.101. The van der Waals surface area contributed by atoms with E-state index in [0.29, 0.717) is 25.9 Å². The van der Waals surface area contributed by atoms with Gasteiger partial charge < -0.3 is 15.4 Å². The Morgan fingerprint density at radius 1 is 1.10 bits per heavy atom. The predicted octanol–water partition coefficient (Wildman–Crippen LogP) is 3.22. The predicted molar refractivity (Wildman–Crippen MR) is 74.0 cm³/mol. The zero-order valence-electron chi connectivity index (χ0n) is 12.8. The lowest BCUT2D eigenvalue weighted by Crippen LogP contribution is -2.41. The maximum atomic E-state index is 12.5. The van der Waals surface area contributed by atoms with E-state index in [1.807, 2.05) is 0 Å². The Bertz CT molecular complexity index is 332. The molecule has 1 rings (SSSR count). The first-order valence-electron chi connectivity index (χ1n) is 7.35. The van der Waals surface area contributed by atoms with Gasteiger partial charge in [0.05, 0.1) is 5.92 Å². The molecule has 0 heterocycles. The van der Waals surface area contributed by atoms with E-state index in [1.54, 1.807) is 20.8 Å². The van der Waals surface area contributed by atoms with Crippen LogP contribution in [-0.2, 0) is 4.74 Å². The van der Waals surface area contributed by atoms with Crippen LogP contribution in [0.3, 0.4) is 0 Å². The molecule has 0 saturated heterocycles. The van der Waals surface area contributed by atoms with E-state index in [2.05, 4.69) is 10.6 Å². The molecule has 4 nitrogen and oxygen atoms in total. The molecule has 0 aromatic heterocycles. The quantitative estimate of drug-likeness (QED) is 0.784. The lowest BCUT2D eigenvalue weighted by Gasteiger charge is -2.30. The summed E-state index contributed by atoms with van der Waals surface area (Å²) in [6.07, 6.45) is -3.14. The molecule has 1 saturated carbocycles. The molecule has 0 spiro atoms. The number of hydrogen-bond acceptors (Lipinski definition) is 3. The highest BCUT2D eigenvalue weighted by Crippen LogP contribution is 2.37. The Labute approximate surface area is 123 Å². The third-order valence-electron chi connectivity index (χ3n) is 3.42. The van der Waals surface area contributed by atoms with Crippen molar-refractivity contribution in [1.29, 1.82) is 0 Å². The molecule has 0 aromatic rings. The zero-order valence-corrected chi connectivity index (χ0v) is 12.8. The molecular formula is C14H25F3N2O2. The molecule has 21 heavy (non-hydrogen) atoms. The number of rotatable bonds is 4. The van der Waals surface area contributed by atoms with Gasteiger partial charge in [-0.25, -0.2) is 4.79 Å². The van der Waals surface area contributed by atoms with Crippen LogP contribution in [-0.4, -0.2) is 37.0 Å². The molecule has 124 valence electrons. The number of carbonyl (C=O) groups is 1. The summed E-state index contributed by atoms with van der Waals surface area (Å²) in [6, 6.07) is 0.101. The van der Waals surface area contributed by atoms with Crippen molar-refractivity contribution in [2.24, 2.45) is 5.92 Å². The van der Waals surface area contributed by atoms with Crippen molar-refractivity contribution in [2.75, 3.05) is 13.1 Å². The fourth-order valence-corrected chi connectivity index (χ4v) is 2.38. The lowest BCUT2D eigenvalue weighted by atomic mass is 9.85. The maximum Gasteiger partial charge on any atom is 0.407 e. The Balaban J connectivity index is 2.11. The molecule has 0 aromatic carbocycles. The van der Waals surface area contributed by atoms with Crippen LogP contribution in [0.25, 0.3) is 0 Å². The first-order chi connectivity index (χ1) is 9.58.